The summed E-state index contributed by atoms with van der Waals surface area (Å²) in [5.41, 5.74) is 1.03. The smallest absolute Gasteiger partial charge is 0.239 e. The number of halogens is 1. The van der Waals surface area contributed by atoms with Crippen molar-refractivity contribution >= 4 is 35.8 Å². The number of carbonyl (C=O) groups excluding carboxylic acids is 1. The van der Waals surface area contributed by atoms with Gasteiger partial charge < -0.3 is 19.9 Å². The Morgan fingerprint density at radius 2 is 1.91 bits per heavy atom. The van der Waals surface area contributed by atoms with Crippen molar-refractivity contribution in [1.29, 1.82) is 0 Å². The van der Waals surface area contributed by atoms with Crippen LogP contribution in [-0.4, -0.2) is 90.5 Å². The number of piperazine rings is 1. The Kier molecular flexibility index (Phi) is 11.5. The van der Waals surface area contributed by atoms with E-state index in [4.69, 9.17) is 4.74 Å². The van der Waals surface area contributed by atoms with Crippen molar-refractivity contribution in [2.24, 2.45) is 4.99 Å². The van der Waals surface area contributed by atoms with Crippen LogP contribution < -0.4 is 10.1 Å². The van der Waals surface area contributed by atoms with Crippen LogP contribution in [0.1, 0.15) is 45.1 Å². The number of rotatable bonds is 8. The Labute approximate surface area is 209 Å². The van der Waals surface area contributed by atoms with Crippen molar-refractivity contribution in [2.75, 3.05) is 52.9 Å². The number of hydrogen-bond acceptors (Lipinski definition) is 5. The predicted molar refractivity (Wildman–Crippen MR) is 139 cm³/mol. The normalized spacial score (nSPS) is 18.3. The summed E-state index contributed by atoms with van der Waals surface area (Å²) in [5, 5.41) is 3.46. The number of aliphatic imine (C=N–C) groups is 1. The van der Waals surface area contributed by atoms with Gasteiger partial charge in [-0.05, 0) is 32.3 Å². The van der Waals surface area contributed by atoms with Crippen molar-refractivity contribution in [3.63, 3.8) is 0 Å². The predicted octanol–water partition coefficient (Wildman–Crippen LogP) is 2.58. The molecule has 1 N–H and O–H groups in total. The monoisotopic (exact) mass is 558 g/mol. The third-order valence-corrected chi connectivity index (χ3v) is 6.17. The molecule has 0 spiro atoms. The fourth-order valence-electron chi connectivity index (χ4n) is 4.19. The zero-order valence-corrected chi connectivity index (χ0v) is 22.1. The van der Waals surface area contributed by atoms with Crippen molar-refractivity contribution in [2.45, 2.75) is 52.1 Å². The number of aromatic nitrogens is 1. The third-order valence-electron chi connectivity index (χ3n) is 6.17. The van der Waals surface area contributed by atoms with Crippen molar-refractivity contribution in [3.8, 4) is 5.88 Å². The maximum Gasteiger partial charge on any atom is 0.239 e. The molecule has 3 rings (SSSR count). The summed E-state index contributed by atoms with van der Waals surface area (Å²) in [6, 6.07) is 3.93. The van der Waals surface area contributed by atoms with Gasteiger partial charge in [-0.2, -0.15) is 0 Å². The Hall–Kier alpha value is -1.62. The lowest BCUT2D eigenvalue weighted by Crippen LogP contribution is -2.57. The van der Waals surface area contributed by atoms with E-state index in [1.165, 1.54) is 0 Å². The zero-order chi connectivity index (χ0) is 22.1. The second-order valence-corrected chi connectivity index (χ2v) is 8.30. The molecule has 180 valence electrons. The van der Waals surface area contributed by atoms with E-state index in [2.05, 4.69) is 32.0 Å². The highest BCUT2D eigenvalue weighted by atomic mass is 127. The molecule has 0 aromatic carbocycles. The maximum atomic E-state index is 12.7. The van der Waals surface area contributed by atoms with Gasteiger partial charge in [-0.25, -0.2) is 4.98 Å². The van der Waals surface area contributed by atoms with Crippen LogP contribution in [0, 0.1) is 0 Å². The van der Waals surface area contributed by atoms with Crippen molar-refractivity contribution < 1.29 is 9.53 Å². The number of hydrogen-bond donors (Lipinski definition) is 1. The summed E-state index contributed by atoms with van der Waals surface area (Å²) in [4.78, 5) is 28.2. The summed E-state index contributed by atoms with van der Waals surface area (Å²) in [6.45, 7) is 10.8. The van der Waals surface area contributed by atoms with Gasteiger partial charge in [0.2, 0.25) is 11.8 Å². The van der Waals surface area contributed by atoms with Crippen molar-refractivity contribution in [1.82, 2.24) is 25.0 Å². The summed E-state index contributed by atoms with van der Waals surface area (Å²) < 4.78 is 5.85. The molecular weight excluding hydrogens is 519 g/mol. The molecule has 1 unspecified atom stereocenters. The Bertz CT molecular complexity index is 733. The maximum absolute atomic E-state index is 12.7. The number of nitrogens with zero attached hydrogens (tertiary/aromatic N) is 5. The largest absolute Gasteiger partial charge is 0.477 e. The lowest BCUT2D eigenvalue weighted by atomic mass is 10.2. The summed E-state index contributed by atoms with van der Waals surface area (Å²) in [5.74, 6) is 1.85. The molecule has 1 amide bonds. The number of guanidine groups is 1. The van der Waals surface area contributed by atoms with Gasteiger partial charge in [0.1, 0.15) is 0 Å². The van der Waals surface area contributed by atoms with Crippen LogP contribution in [0.25, 0.3) is 0 Å². The SMILES string of the molecule is CCCCOc1ncccc1CNC(=NC)N1CCN(C(C)C(=O)N2CCCC2)CC1.I. The molecule has 0 radical (unpaired) electrons. The van der Waals surface area contributed by atoms with E-state index in [1.54, 1.807) is 6.20 Å². The number of amides is 1. The van der Waals surface area contributed by atoms with Crippen LogP contribution in [0.2, 0.25) is 0 Å². The molecule has 0 bridgehead atoms. The number of likely N-dealkylation sites (tertiary alicyclic amines) is 1. The Morgan fingerprint density at radius 1 is 1.19 bits per heavy atom. The second-order valence-electron chi connectivity index (χ2n) is 8.30. The summed E-state index contributed by atoms with van der Waals surface area (Å²) in [6.07, 6.45) is 6.16. The number of unbranched alkanes of at least 4 members (excludes halogenated alkanes) is 1. The molecule has 3 heterocycles. The van der Waals surface area contributed by atoms with Gasteiger partial charge in [-0.15, -0.1) is 24.0 Å². The average molecular weight is 559 g/mol. The minimum Gasteiger partial charge on any atom is -0.477 e. The van der Waals surface area contributed by atoms with E-state index in [-0.39, 0.29) is 35.9 Å². The van der Waals surface area contributed by atoms with Gasteiger partial charge in [-0.3, -0.25) is 14.7 Å². The first-order chi connectivity index (χ1) is 15.1. The minimum atomic E-state index is -0.0477. The third kappa shape index (κ3) is 7.19. The Morgan fingerprint density at radius 3 is 2.56 bits per heavy atom. The van der Waals surface area contributed by atoms with Crippen LogP contribution in [0.5, 0.6) is 5.88 Å². The van der Waals surface area contributed by atoms with E-state index in [1.807, 2.05) is 31.0 Å². The molecule has 2 aliphatic heterocycles. The molecule has 32 heavy (non-hydrogen) atoms. The fraction of sp³-hybridized carbons (Fsp3) is 0.696. The highest BCUT2D eigenvalue weighted by Crippen LogP contribution is 2.16. The standard InChI is InChI=1S/C23H38N6O2.HI/c1-4-5-17-31-21-20(9-8-10-25-21)18-26-23(24-3)29-15-13-27(14-16-29)19(2)22(30)28-11-6-7-12-28;/h8-10,19H,4-7,11-18H2,1-3H3,(H,24,26);1H. The van der Waals surface area contributed by atoms with Crippen LogP contribution >= 0.6 is 24.0 Å². The van der Waals surface area contributed by atoms with Crippen LogP contribution in [-0.2, 0) is 11.3 Å². The van der Waals surface area contributed by atoms with Crippen LogP contribution in [0.3, 0.4) is 0 Å². The van der Waals surface area contributed by atoms with Gasteiger partial charge >= 0.3 is 0 Å². The fourth-order valence-corrected chi connectivity index (χ4v) is 4.19. The Balaban J connectivity index is 0.00000363. The quantitative estimate of drug-likeness (QED) is 0.229. The van der Waals surface area contributed by atoms with Crippen LogP contribution in [0.15, 0.2) is 23.3 Å². The molecule has 2 aliphatic rings. The number of pyridine rings is 1. The number of ether oxygens (including phenoxy) is 1. The van der Waals surface area contributed by atoms with Gasteiger partial charge in [0, 0.05) is 64.6 Å². The highest BCUT2D eigenvalue weighted by Gasteiger charge is 2.30. The van der Waals surface area contributed by atoms with Gasteiger partial charge in [-0.1, -0.05) is 19.4 Å². The van der Waals surface area contributed by atoms with E-state index in [0.29, 0.717) is 19.0 Å². The summed E-state index contributed by atoms with van der Waals surface area (Å²) >= 11 is 0. The molecular formula is C23H39IN6O2. The molecule has 8 nitrogen and oxygen atoms in total. The first-order valence-electron chi connectivity index (χ1n) is 11.7. The number of carbonyl (C=O) groups is 1. The molecule has 9 heteroatoms. The minimum absolute atomic E-state index is 0. The van der Waals surface area contributed by atoms with E-state index in [9.17, 15) is 4.79 Å². The molecule has 0 saturated carbocycles. The molecule has 0 aliphatic carbocycles. The van der Waals surface area contributed by atoms with Crippen LogP contribution in [0.4, 0.5) is 0 Å². The highest BCUT2D eigenvalue weighted by molar-refractivity contribution is 14.0. The van der Waals surface area contributed by atoms with E-state index < -0.39 is 0 Å². The van der Waals surface area contributed by atoms with Crippen molar-refractivity contribution in [3.05, 3.63) is 23.9 Å². The number of nitrogens with one attached hydrogen (secondary N) is 1. The lowest BCUT2D eigenvalue weighted by molar-refractivity contribution is -0.135. The molecule has 2 saturated heterocycles. The average Bonchev–Trinajstić information content (AvgIpc) is 3.35. The second kappa shape index (κ2) is 13.8. The van der Waals surface area contributed by atoms with E-state index in [0.717, 1.165) is 76.5 Å². The zero-order valence-electron chi connectivity index (χ0n) is 19.8. The lowest BCUT2D eigenvalue weighted by Gasteiger charge is -2.39. The molecule has 1 aromatic rings. The van der Waals surface area contributed by atoms with E-state index >= 15 is 0 Å². The molecule has 2 fully saturated rings. The first kappa shape index (κ1) is 26.6. The summed E-state index contributed by atoms with van der Waals surface area (Å²) in [7, 11) is 1.82. The molecule has 1 aromatic heterocycles. The molecule has 1 atom stereocenters. The topological polar surface area (TPSA) is 73.3 Å². The van der Waals surface area contributed by atoms with Gasteiger partial charge in [0.05, 0.1) is 12.6 Å². The van der Waals surface area contributed by atoms with Gasteiger partial charge in [0.15, 0.2) is 5.96 Å². The van der Waals surface area contributed by atoms with Gasteiger partial charge in [0.25, 0.3) is 0 Å². The first-order valence-corrected chi connectivity index (χ1v) is 11.7.